The average Bonchev–Trinajstić information content (AvgIpc) is 2.77. The van der Waals surface area contributed by atoms with E-state index in [1.54, 1.807) is 4.90 Å². The van der Waals surface area contributed by atoms with E-state index in [9.17, 15) is 9.59 Å². The van der Waals surface area contributed by atoms with Gasteiger partial charge in [-0.3, -0.25) is 9.59 Å². The Balaban J connectivity index is 2.41. The maximum Gasteiger partial charge on any atom is 0.239 e. The Morgan fingerprint density at radius 2 is 2.17 bits per heavy atom. The number of hydrogen-bond acceptors (Lipinski definition) is 2. The number of allylic oxidation sites excluding steroid dienone is 2. The molecule has 0 spiro atoms. The fourth-order valence-corrected chi connectivity index (χ4v) is 2.14. The Hall–Kier alpha value is -1.32. The monoisotopic (exact) mass is 252 g/mol. The fourth-order valence-electron chi connectivity index (χ4n) is 2.14. The average molecular weight is 252 g/mol. The van der Waals surface area contributed by atoms with Gasteiger partial charge in [0, 0.05) is 19.0 Å². The van der Waals surface area contributed by atoms with Crippen LogP contribution in [0.2, 0.25) is 0 Å². The van der Waals surface area contributed by atoms with Crippen LogP contribution in [0.4, 0.5) is 0 Å². The van der Waals surface area contributed by atoms with Gasteiger partial charge in [-0.15, -0.1) is 0 Å². The number of carbonyl (C=O) groups is 2. The third kappa shape index (κ3) is 4.90. The standard InChI is InChI=1S/C14H24N2O2/c1-4-16(10-13(17)15-11(2)3)14(18)9-12-7-5-6-8-12/h5,7,11-12H,4,6,8-10H2,1-3H3,(H,15,17). The highest BCUT2D eigenvalue weighted by Gasteiger charge is 2.20. The summed E-state index contributed by atoms with van der Waals surface area (Å²) in [6, 6.07) is 0.115. The van der Waals surface area contributed by atoms with Crippen LogP contribution in [-0.2, 0) is 9.59 Å². The van der Waals surface area contributed by atoms with Crippen molar-refractivity contribution in [3.05, 3.63) is 12.2 Å². The van der Waals surface area contributed by atoms with Gasteiger partial charge in [-0.2, -0.15) is 0 Å². The molecular formula is C14H24N2O2. The lowest BCUT2D eigenvalue weighted by Crippen LogP contribution is -2.43. The van der Waals surface area contributed by atoms with Gasteiger partial charge in [0.1, 0.15) is 0 Å². The van der Waals surface area contributed by atoms with Gasteiger partial charge in [-0.1, -0.05) is 12.2 Å². The Bertz CT molecular complexity index is 324. The summed E-state index contributed by atoms with van der Waals surface area (Å²) in [6.45, 7) is 6.49. The molecule has 0 bridgehead atoms. The van der Waals surface area contributed by atoms with Crippen LogP contribution in [0.25, 0.3) is 0 Å². The molecule has 0 aromatic carbocycles. The highest BCUT2D eigenvalue weighted by atomic mass is 16.2. The van der Waals surface area contributed by atoms with Gasteiger partial charge < -0.3 is 10.2 Å². The molecule has 102 valence electrons. The first-order valence-corrected chi connectivity index (χ1v) is 6.76. The third-order valence-corrected chi connectivity index (χ3v) is 3.07. The number of nitrogens with zero attached hydrogens (tertiary/aromatic N) is 1. The van der Waals surface area contributed by atoms with Crippen molar-refractivity contribution < 1.29 is 9.59 Å². The highest BCUT2D eigenvalue weighted by Crippen LogP contribution is 2.21. The van der Waals surface area contributed by atoms with E-state index in [4.69, 9.17) is 0 Å². The van der Waals surface area contributed by atoms with Crippen LogP contribution in [0.5, 0.6) is 0 Å². The van der Waals surface area contributed by atoms with E-state index in [0.29, 0.717) is 18.9 Å². The first-order valence-electron chi connectivity index (χ1n) is 6.76. The van der Waals surface area contributed by atoms with Gasteiger partial charge >= 0.3 is 0 Å². The molecular weight excluding hydrogens is 228 g/mol. The van der Waals surface area contributed by atoms with E-state index < -0.39 is 0 Å². The lowest BCUT2D eigenvalue weighted by Gasteiger charge is -2.22. The van der Waals surface area contributed by atoms with Gasteiger partial charge in [0.15, 0.2) is 0 Å². The van der Waals surface area contributed by atoms with Crippen molar-refractivity contribution in [3.8, 4) is 0 Å². The molecule has 1 atom stereocenters. The molecule has 0 fully saturated rings. The van der Waals surface area contributed by atoms with Gasteiger partial charge in [0.2, 0.25) is 11.8 Å². The molecule has 1 unspecified atom stereocenters. The second-order valence-electron chi connectivity index (χ2n) is 5.10. The second-order valence-corrected chi connectivity index (χ2v) is 5.10. The summed E-state index contributed by atoms with van der Waals surface area (Å²) in [6.07, 6.45) is 6.89. The molecule has 1 aliphatic rings. The number of amides is 2. The molecule has 0 saturated heterocycles. The summed E-state index contributed by atoms with van der Waals surface area (Å²) in [4.78, 5) is 25.3. The Morgan fingerprint density at radius 3 is 2.67 bits per heavy atom. The third-order valence-electron chi connectivity index (χ3n) is 3.07. The van der Waals surface area contributed by atoms with Crippen molar-refractivity contribution in [2.75, 3.05) is 13.1 Å². The smallest absolute Gasteiger partial charge is 0.239 e. The van der Waals surface area contributed by atoms with Gasteiger partial charge in [-0.05, 0) is 39.5 Å². The largest absolute Gasteiger partial charge is 0.352 e. The van der Waals surface area contributed by atoms with E-state index >= 15 is 0 Å². The van der Waals surface area contributed by atoms with Gasteiger partial charge in [-0.25, -0.2) is 0 Å². The van der Waals surface area contributed by atoms with Crippen LogP contribution in [0.15, 0.2) is 12.2 Å². The van der Waals surface area contributed by atoms with Crippen LogP contribution in [0.3, 0.4) is 0 Å². The molecule has 0 radical (unpaired) electrons. The van der Waals surface area contributed by atoms with Crippen LogP contribution in [0, 0.1) is 5.92 Å². The number of hydrogen-bond donors (Lipinski definition) is 1. The summed E-state index contributed by atoms with van der Waals surface area (Å²) in [5.74, 6) is 0.356. The molecule has 18 heavy (non-hydrogen) atoms. The minimum Gasteiger partial charge on any atom is -0.352 e. The van der Waals surface area contributed by atoms with Crippen LogP contribution in [0.1, 0.15) is 40.0 Å². The zero-order valence-electron chi connectivity index (χ0n) is 11.6. The maximum atomic E-state index is 12.1. The summed E-state index contributed by atoms with van der Waals surface area (Å²) < 4.78 is 0. The van der Waals surface area contributed by atoms with Crippen molar-refractivity contribution in [1.29, 1.82) is 0 Å². The second kappa shape index (κ2) is 7.19. The molecule has 1 N–H and O–H groups in total. The summed E-state index contributed by atoms with van der Waals surface area (Å²) in [5, 5.41) is 2.81. The summed E-state index contributed by atoms with van der Waals surface area (Å²) in [7, 11) is 0. The van der Waals surface area contributed by atoms with Crippen molar-refractivity contribution in [3.63, 3.8) is 0 Å². The number of likely N-dealkylation sites (N-methyl/N-ethyl adjacent to an activating group) is 1. The molecule has 0 heterocycles. The highest BCUT2D eigenvalue weighted by molar-refractivity contribution is 5.85. The predicted octanol–water partition coefficient (Wildman–Crippen LogP) is 1.72. The van der Waals surface area contributed by atoms with Crippen molar-refractivity contribution in [1.82, 2.24) is 10.2 Å². The van der Waals surface area contributed by atoms with Crippen molar-refractivity contribution >= 4 is 11.8 Å². The Morgan fingerprint density at radius 1 is 1.44 bits per heavy atom. The predicted molar refractivity (Wildman–Crippen MR) is 72.0 cm³/mol. The van der Waals surface area contributed by atoms with Crippen LogP contribution >= 0.6 is 0 Å². The zero-order chi connectivity index (χ0) is 13.5. The normalized spacial score (nSPS) is 18.1. The van der Waals surface area contributed by atoms with E-state index in [2.05, 4.69) is 17.5 Å². The molecule has 4 heteroatoms. The van der Waals surface area contributed by atoms with E-state index in [1.807, 2.05) is 20.8 Å². The SMILES string of the molecule is CCN(CC(=O)NC(C)C)C(=O)CC1C=CCC1. The number of carbonyl (C=O) groups excluding carboxylic acids is 2. The maximum absolute atomic E-state index is 12.1. The van der Waals surface area contributed by atoms with Gasteiger partial charge in [0.25, 0.3) is 0 Å². The molecule has 0 saturated carbocycles. The quantitative estimate of drug-likeness (QED) is 0.732. The first-order chi connectivity index (χ1) is 8.52. The topological polar surface area (TPSA) is 49.4 Å². The lowest BCUT2D eigenvalue weighted by molar-refractivity contribution is -0.136. The van der Waals surface area contributed by atoms with E-state index in [-0.39, 0.29) is 24.4 Å². The zero-order valence-corrected chi connectivity index (χ0v) is 11.6. The van der Waals surface area contributed by atoms with Crippen molar-refractivity contribution in [2.45, 2.75) is 46.1 Å². The number of rotatable bonds is 6. The first kappa shape index (κ1) is 14.7. The molecule has 0 aromatic rings. The van der Waals surface area contributed by atoms with Crippen molar-refractivity contribution in [2.24, 2.45) is 5.92 Å². The van der Waals surface area contributed by atoms with E-state index in [1.165, 1.54) is 0 Å². The fraction of sp³-hybridized carbons (Fsp3) is 0.714. The summed E-state index contributed by atoms with van der Waals surface area (Å²) >= 11 is 0. The van der Waals surface area contributed by atoms with Gasteiger partial charge in [0.05, 0.1) is 6.54 Å². The van der Waals surface area contributed by atoms with Crippen LogP contribution < -0.4 is 5.32 Å². The van der Waals surface area contributed by atoms with E-state index in [0.717, 1.165) is 12.8 Å². The number of nitrogens with one attached hydrogen (secondary N) is 1. The molecule has 0 aliphatic heterocycles. The van der Waals surface area contributed by atoms with Crippen LogP contribution in [-0.4, -0.2) is 35.8 Å². The molecule has 1 aliphatic carbocycles. The Kier molecular flexibility index (Phi) is 5.89. The summed E-state index contributed by atoms with van der Waals surface area (Å²) in [5.41, 5.74) is 0. The molecule has 2 amide bonds. The molecule has 4 nitrogen and oxygen atoms in total. The Labute approximate surface area is 109 Å². The molecule has 1 rings (SSSR count). The minimum absolute atomic E-state index is 0.0768. The minimum atomic E-state index is -0.0813. The lowest BCUT2D eigenvalue weighted by atomic mass is 10.0. The molecule has 0 aromatic heterocycles.